The lowest BCUT2D eigenvalue weighted by Crippen LogP contribution is -2.13. The maximum absolute atomic E-state index is 11.9. The van der Waals surface area contributed by atoms with Crippen molar-refractivity contribution in [2.45, 2.75) is 19.2 Å². The van der Waals surface area contributed by atoms with E-state index in [1.807, 2.05) is 0 Å². The number of aromatic nitrogens is 2. The lowest BCUT2D eigenvalue weighted by atomic mass is 10.2. The Bertz CT molecular complexity index is 287. The van der Waals surface area contributed by atoms with Gasteiger partial charge in [0.2, 0.25) is 0 Å². The molecule has 0 amide bonds. The lowest BCUT2D eigenvalue weighted by molar-refractivity contribution is -0.127. The van der Waals surface area contributed by atoms with Gasteiger partial charge < -0.3 is 5.11 Å². The summed E-state index contributed by atoms with van der Waals surface area (Å²) in [4.78, 5) is 6.99. The van der Waals surface area contributed by atoms with Crippen molar-refractivity contribution in [1.29, 1.82) is 0 Å². The van der Waals surface area contributed by atoms with E-state index >= 15 is 0 Å². The van der Waals surface area contributed by atoms with E-state index in [-0.39, 0.29) is 18.0 Å². The number of aliphatic hydroxyl groups is 1. The zero-order valence-electron chi connectivity index (χ0n) is 6.54. The van der Waals surface area contributed by atoms with Crippen molar-refractivity contribution >= 4 is 0 Å². The van der Waals surface area contributed by atoms with Gasteiger partial charge in [0, 0.05) is 0 Å². The molecule has 0 spiro atoms. The van der Waals surface area contributed by atoms with Crippen LogP contribution in [0, 0.1) is 0 Å². The third-order valence-electron chi connectivity index (χ3n) is 1.32. The third-order valence-corrected chi connectivity index (χ3v) is 1.32. The summed E-state index contributed by atoms with van der Waals surface area (Å²) in [7, 11) is 0. The highest BCUT2D eigenvalue weighted by Gasteiger charge is 2.28. The molecule has 0 radical (unpaired) electrons. The average molecular weight is 192 g/mol. The molecule has 1 aromatic heterocycles. The maximum atomic E-state index is 11.9. The van der Waals surface area contributed by atoms with Crippen LogP contribution in [0.2, 0.25) is 0 Å². The number of aliphatic hydroxyl groups excluding tert-OH is 1. The van der Waals surface area contributed by atoms with Gasteiger partial charge in [0.1, 0.15) is 6.33 Å². The molecule has 72 valence electrons. The monoisotopic (exact) mass is 192 g/mol. The number of alkyl halides is 3. The summed E-state index contributed by atoms with van der Waals surface area (Å²) < 4.78 is 35.6. The van der Waals surface area contributed by atoms with Gasteiger partial charge in [-0.05, 0) is 6.07 Å². The topological polar surface area (TPSA) is 46.0 Å². The van der Waals surface area contributed by atoms with Gasteiger partial charge in [-0.2, -0.15) is 13.2 Å². The minimum Gasteiger partial charge on any atom is -0.390 e. The molecule has 1 heterocycles. The largest absolute Gasteiger partial charge is 0.394 e. The summed E-state index contributed by atoms with van der Waals surface area (Å²) >= 11 is 0. The first-order valence-electron chi connectivity index (χ1n) is 3.48. The van der Waals surface area contributed by atoms with Crippen LogP contribution in [-0.4, -0.2) is 21.3 Å². The van der Waals surface area contributed by atoms with Crippen LogP contribution in [0.3, 0.4) is 0 Å². The molecule has 0 unspecified atom stereocenters. The average Bonchev–Trinajstić information content (AvgIpc) is 2.01. The van der Waals surface area contributed by atoms with Crippen LogP contribution in [0.4, 0.5) is 13.2 Å². The third kappa shape index (κ3) is 3.37. The van der Waals surface area contributed by atoms with E-state index in [0.717, 1.165) is 12.4 Å². The molecule has 0 fully saturated rings. The molecule has 0 saturated carbocycles. The minimum absolute atomic E-state index is 0.133. The fourth-order valence-electron chi connectivity index (χ4n) is 0.833. The van der Waals surface area contributed by atoms with E-state index in [9.17, 15) is 13.2 Å². The summed E-state index contributed by atoms with van der Waals surface area (Å²) in [6.07, 6.45) is -4.36. The second-order valence-electron chi connectivity index (χ2n) is 2.45. The number of hydrogen-bond donors (Lipinski definition) is 1. The van der Waals surface area contributed by atoms with Gasteiger partial charge in [-0.3, -0.25) is 0 Å². The standard InChI is InChI=1S/C7H7F3N2O/c8-7(9,10)2-5-1-6(3-13)12-4-11-5/h1,4,13H,2-3H2. The van der Waals surface area contributed by atoms with E-state index in [1.54, 1.807) is 0 Å². The van der Waals surface area contributed by atoms with Crippen molar-refractivity contribution in [3.05, 3.63) is 23.8 Å². The Morgan fingerprint density at radius 1 is 1.23 bits per heavy atom. The van der Waals surface area contributed by atoms with Gasteiger partial charge in [-0.1, -0.05) is 0 Å². The molecule has 0 atom stereocenters. The van der Waals surface area contributed by atoms with Crippen LogP contribution in [-0.2, 0) is 13.0 Å². The molecular weight excluding hydrogens is 185 g/mol. The summed E-state index contributed by atoms with van der Waals surface area (Å²) in [5.74, 6) is 0. The van der Waals surface area contributed by atoms with Crippen LogP contribution in [0.1, 0.15) is 11.4 Å². The molecule has 0 aliphatic heterocycles. The van der Waals surface area contributed by atoms with Crippen molar-refractivity contribution in [1.82, 2.24) is 9.97 Å². The Labute approximate surface area is 72.3 Å². The molecule has 13 heavy (non-hydrogen) atoms. The van der Waals surface area contributed by atoms with E-state index in [2.05, 4.69) is 9.97 Å². The van der Waals surface area contributed by atoms with E-state index in [1.165, 1.54) is 0 Å². The first-order chi connectivity index (χ1) is 6.01. The molecule has 0 saturated heterocycles. The second kappa shape index (κ2) is 3.69. The summed E-state index contributed by atoms with van der Waals surface area (Å²) in [5.41, 5.74) is 0.0563. The van der Waals surface area contributed by atoms with Crippen molar-refractivity contribution in [2.75, 3.05) is 0 Å². The minimum atomic E-state index is -4.28. The highest BCUT2D eigenvalue weighted by molar-refractivity contribution is 5.08. The molecule has 6 heteroatoms. The van der Waals surface area contributed by atoms with Gasteiger partial charge >= 0.3 is 6.18 Å². The number of nitrogens with zero attached hydrogens (tertiary/aromatic N) is 2. The van der Waals surface area contributed by atoms with E-state index in [4.69, 9.17) is 5.11 Å². The normalized spacial score (nSPS) is 11.7. The van der Waals surface area contributed by atoms with Crippen molar-refractivity contribution < 1.29 is 18.3 Å². The predicted molar refractivity (Wildman–Crippen MR) is 37.7 cm³/mol. The fourth-order valence-corrected chi connectivity index (χ4v) is 0.833. The highest BCUT2D eigenvalue weighted by Crippen LogP contribution is 2.19. The van der Waals surface area contributed by atoms with Crippen LogP contribution >= 0.6 is 0 Å². The van der Waals surface area contributed by atoms with E-state index in [0.29, 0.717) is 0 Å². The highest BCUT2D eigenvalue weighted by atomic mass is 19.4. The van der Waals surface area contributed by atoms with Crippen molar-refractivity contribution in [3.8, 4) is 0 Å². The molecule has 0 bridgehead atoms. The Morgan fingerprint density at radius 2 is 1.85 bits per heavy atom. The molecule has 1 aromatic rings. The molecule has 0 aromatic carbocycles. The van der Waals surface area contributed by atoms with Gasteiger partial charge in [0.05, 0.1) is 24.4 Å². The first-order valence-corrected chi connectivity index (χ1v) is 3.48. The Kier molecular flexibility index (Phi) is 2.82. The molecule has 1 rings (SSSR count). The SMILES string of the molecule is OCc1cc(CC(F)(F)F)ncn1. The maximum Gasteiger partial charge on any atom is 0.394 e. The number of rotatable bonds is 2. The number of halogens is 3. The van der Waals surface area contributed by atoms with Crippen LogP contribution in [0.15, 0.2) is 12.4 Å². The van der Waals surface area contributed by atoms with Crippen LogP contribution < -0.4 is 0 Å². The fraction of sp³-hybridized carbons (Fsp3) is 0.429. The number of hydrogen-bond acceptors (Lipinski definition) is 3. The van der Waals surface area contributed by atoms with Gasteiger partial charge in [0.15, 0.2) is 0 Å². The quantitative estimate of drug-likeness (QED) is 0.762. The van der Waals surface area contributed by atoms with Gasteiger partial charge in [-0.25, -0.2) is 9.97 Å². The molecule has 0 aliphatic carbocycles. The van der Waals surface area contributed by atoms with Crippen molar-refractivity contribution in [3.63, 3.8) is 0 Å². The second-order valence-corrected chi connectivity index (χ2v) is 2.45. The summed E-state index contributed by atoms with van der Waals surface area (Å²) in [5, 5.41) is 8.59. The predicted octanol–water partition coefficient (Wildman–Crippen LogP) is 1.07. The summed E-state index contributed by atoms with van der Waals surface area (Å²) in [6.45, 7) is -0.382. The zero-order chi connectivity index (χ0) is 9.90. The van der Waals surface area contributed by atoms with Crippen LogP contribution in [0.5, 0.6) is 0 Å². The lowest BCUT2D eigenvalue weighted by Gasteiger charge is -2.05. The Balaban J connectivity index is 2.78. The van der Waals surface area contributed by atoms with Crippen LogP contribution in [0.25, 0.3) is 0 Å². The van der Waals surface area contributed by atoms with Gasteiger partial charge in [-0.15, -0.1) is 0 Å². The Morgan fingerprint density at radius 3 is 2.38 bits per heavy atom. The molecule has 1 N–H and O–H groups in total. The molecule has 3 nitrogen and oxygen atoms in total. The smallest absolute Gasteiger partial charge is 0.390 e. The molecule has 0 aliphatic rings. The zero-order valence-corrected chi connectivity index (χ0v) is 6.54. The van der Waals surface area contributed by atoms with Crippen molar-refractivity contribution in [2.24, 2.45) is 0 Å². The van der Waals surface area contributed by atoms with Gasteiger partial charge in [0.25, 0.3) is 0 Å². The summed E-state index contributed by atoms with van der Waals surface area (Å²) in [6, 6.07) is 1.13. The molecular formula is C7H7F3N2O. The van der Waals surface area contributed by atoms with E-state index < -0.39 is 12.6 Å². The Hall–Kier alpha value is -1.17. The first kappa shape index (κ1) is 9.91.